The van der Waals surface area contributed by atoms with Gasteiger partial charge in [0.05, 0.1) is 0 Å². The van der Waals surface area contributed by atoms with Gasteiger partial charge in [-0.3, -0.25) is 14.4 Å². The average molecular weight is 901 g/mol. The molecule has 0 aromatic carbocycles. The molecule has 0 fully saturated rings. The van der Waals surface area contributed by atoms with E-state index in [0.29, 0.717) is 19.3 Å². The number of allylic oxidation sites excluding steroid dienone is 18. The van der Waals surface area contributed by atoms with Crippen LogP contribution in [0.3, 0.4) is 0 Å². The van der Waals surface area contributed by atoms with E-state index in [2.05, 4.69) is 106 Å². The molecule has 0 saturated heterocycles. The third-order valence-electron chi connectivity index (χ3n) is 10.9. The lowest BCUT2D eigenvalue weighted by Gasteiger charge is -2.18. The Balaban J connectivity index is 4.44. The summed E-state index contributed by atoms with van der Waals surface area (Å²) in [7, 11) is 0. The standard InChI is InChI=1S/C59H96O6/c1-4-7-10-13-16-19-22-25-27-28-29-30-32-34-37-40-43-46-49-52-58(61)64-55-56(54-63-57(60)51-48-45-42-39-36-33-24-21-18-15-12-9-6-3)65-59(62)53-50-47-44-41-38-35-31-26-23-20-17-14-11-8-5-2/h8-9,11-12,14-26,31,56H,4-7,10,13,27-30,32-55H2,1-3H3/b11-8+,12-9+,17-14+,18-15+,19-16+,23-20+,24-21+,25-22+,31-26+. The van der Waals surface area contributed by atoms with Crippen LogP contribution in [0.1, 0.15) is 226 Å². The minimum atomic E-state index is -0.802. The molecule has 0 saturated carbocycles. The lowest BCUT2D eigenvalue weighted by Crippen LogP contribution is -2.30. The van der Waals surface area contributed by atoms with Gasteiger partial charge in [-0.2, -0.15) is 0 Å². The van der Waals surface area contributed by atoms with E-state index >= 15 is 0 Å². The molecule has 0 bridgehead atoms. The number of hydrogen-bond donors (Lipinski definition) is 0. The second kappa shape index (κ2) is 52.7. The molecule has 0 radical (unpaired) electrons. The first kappa shape index (κ1) is 61.1. The van der Waals surface area contributed by atoms with Crippen molar-refractivity contribution >= 4 is 17.9 Å². The smallest absolute Gasteiger partial charge is 0.306 e. The molecule has 1 atom stereocenters. The second-order valence-electron chi connectivity index (χ2n) is 17.2. The Morgan fingerprint density at radius 1 is 0.323 bits per heavy atom. The number of unbranched alkanes of at least 4 members (excludes halogenated alkanes) is 23. The molecule has 0 heterocycles. The monoisotopic (exact) mass is 901 g/mol. The zero-order valence-corrected chi connectivity index (χ0v) is 42.0. The zero-order valence-electron chi connectivity index (χ0n) is 42.0. The molecule has 65 heavy (non-hydrogen) atoms. The van der Waals surface area contributed by atoms with E-state index in [0.717, 1.165) is 109 Å². The van der Waals surface area contributed by atoms with Crippen LogP contribution in [0.2, 0.25) is 0 Å². The van der Waals surface area contributed by atoms with Gasteiger partial charge in [-0.05, 0) is 83.5 Å². The van der Waals surface area contributed by atoms with Crippen molar-refractivity contribution in [1.82, 2.24) is 0 Å². The van der Waals surface area contributed by atoms with Crippen LogP contribution in [-0.4, -0.2) is 37.2 Å². The van der Waals surface area contributed by atoms with E-state index < -0.39 is 6.10 Å². The molecule has 6 nitrogen and oxygen atoms in total. The van der Waals surface area contributed by atoms with Crippen molar-refractivity contribution in [2.24, 2.45) is 0 Å². The first-order valence-corrected chi connectivity index (χ1v) is 26.5. The molecule has 0 aliphatic carbocycles. The van der Waals surface area contributed by atoms with Crippen LogP contribution in [0.25, 0.3) is 0 Å². The molecule has 0 amide bonds. The van der Waals surface area contributed by atoms with Gasteiger partial charge in [0.1, 0.15) is 13.2 Å². The van der Waals surface area contributed by atoms with Crippen molar-refractivity contribution in [1.29, 1.82) is 0 Å². The summed E-state index contributed by atoms with van der Waals surface area (Å²) in [4.78, 5) is 38.0. The summed E-state index contributed by atoms with van der Waals surface area (Å²) in [5.41, 5.74) is 0. The summed E-state index contributed by atoms with van der Waals surface area (Å²) in [6.07, 6.45) is 70.7. The largest absolute Gasteiger partial charge is 0.462 e. The highest BCUT2D eigenvalue weighted by Crippen LogP contribution is 2.14. The van der Waals surface area contributed by atoms with Crippen LogP contribution in [0, 0.1) is 0 Å². The van der Waals surface area contributed by atoms with Gasteiger partial charge in [0.15, 0.2) is 6.10 Å². The van der Waals surface area contributed by atoms with Gasteiger partial charge in [-0.25, -0.2) is 0 Å². The molecular weight excluding hydrogens is 805 g/mol. The van der Waals surface area contributed by atoms with Crippen molar-refractivity contribution in [3.05, 3.63) is 109 Å². The molecule has 368 valence electrons. The Hall–Kier alpha value is -3.93. The van der Waals surface area contributed by atoms with Crippen molar-refractivity contribution in [2.45, 2.75) is 232 Å². The van der Waals surface area contributed by atoms with Crippen molar-refractivity contribution in [3.8, 4) is 0 Å². The number of carbonyl (C=O) groups is 3. The second-order valence-corrected chi connectivity index (χ2v) is 17.2. The highest BCUT2D eigenvalue weighted by molar-refractivity contribution is 5.71. The van der Waals surface area contributed by atoms with Crippen molar-refractivity contribution in [3.63, 3.8) is 0 Å². The van der Waals surface area contributed by atoms with Gasteiger partial charge in [-0.1, -0.05) is 233 Å². The maximum absolute atomic E-state index is 12.8. The maximum atomic E-state index is 12.8. The van der Waals surface area contributed by atoms with Crippen LogP contribution >= 0.6 is 0 Å². The molecular formula is C59H96O6. The van der Waals surface area contributed by atoms with E-state index in [4.69, 9.17) is 14.2 Å². The number of esters is 3. The summed E-state index contributed by atoms with van der Waals surface area (Å²) in [5, 5.41) is 0. The SMILES string of the molecule is CC/C=C/C=C/C=C/C=C/CCCCCCCC(=O)OC(COC(=O)CCCCCCC/C=C/C=C/C=C/CC)COC(=O)CCCCCCCCCCCC/C=C/C=C/CCCCC. The summed E-state index contributed by atoms with van der Waals surface area (Å²) in [6, 6.07) is 0. The van der Waals surface area contributed by atoms with Crippen LogP contribution in [0.5, 0.6) is 0 Å². The van der Waals surface area contributed by atoms with E-state index in [1.165, 1.54) is 77.0 Å². The lowest BCUT2D eigenvalue weighted by atomic mass is 10.1. The van der Waals surface area contributed by atoms with E-state index in [-0.39, 0.29) is 31.1 Å². The fraction of sp³-hybridized carbons (Fsp3) is 0.644. The zero-order chi connectivity index (χ0) is 47.2. The number of carbonyl (C=O) groups excluding carboxylic acids is 3. The number of hydrogen-bond acceptors (Lipinski definition) is 6. The van der Waals surface area contributed by atoms with Crippen LogP contribution in [-0.2, 0) is 28.6 Å². The molecule has 0 aromatic heterocycles. The Morgan fingerprint density at radius 3 is 0.954 bits per heavy atom. The highest BCUT2D eigenvalue weighted by atomic mass is 16.6. The van der Waals surface area contributed by atoms with E-state index in [1.54, 1.807) is 0 Å². The Labute approximate surface area is 400 Å². The summed E-state index contributed by atoms with van der Waals surface area (Å²) >= 11 is 0. The maximum Gasteiger partial charge on any atom is 0.306 e. The molecule has 1 unspecified atom stereocenters. The van der Waals surface area contributed by atoms with E-state index in [9.17, 15) is 14.4 Å². The van der Waals surface area contributed by atoms with Crippen LogP contribution in [0.15, 0.2) is 109 Å². The minimum Gasteiger partial charge on any atom is -0.462 e. The van der Waals surface area contributed by atoms with Crippen LogP contribution in [0.4, 0.5) is 0 Å². The molecule has 0 spiro atoms. The first-order valence-electron chi connectivity index (χ1n) is 26.5. The number of rotatable bonds is 46. The normalized spacial score (nSPS) is 13.0. The van der Waals surface area contributed by atoms with Crippen molar-refractivity contribution in [2.75, 3.05) is 13.2 Å². The van der Waals surface area contributed by atoms with Gasteiger partial charge in [0, 0.05) is 19.3 Å². The molecule has 0 aliphatic rings. The lowest BCUT2D eigenvalue weighted by molar-refractivity contribution is -0.167. The van der Waals surface area contributed by atoms with E-state index in [1.807, 2.05) is 24.3 Å². The topological polar surface area (TPSA) is 78.9 Å². The Bertz CT molecular complexity index is 1360. The van der Waals surface area contributed by atoms with Gasteiger partial charge >= 0.3 is 17.9 Å². The highest BCUT2D eigenvalue weighted by Gasteiger charge is 2.19. The summed E-state index contributed by atoms with van der Waals surface area (Å²) in [5.74, 6) is -0.950. The predicted molar refractivity (Wildman–Crippen MR) is 279 cm³/mol. The Morgan fingerprint density at radius 2 is 0.600 bits per heavy atom. The first-order chi connectivity index (χ1) is 32.0. The molecule has 0 N–H and O–H groups in total. The fourth-order valence-electron chi connectivity index (χ4n) is 6.97. The van der Waals surface area contributed by atoms with Crippen LogP contribution < -0.4 is 0 Å². The fourth-order valence-corrected chi connectivity index (χ4v) is 6.97. The summed E-state index contributed by atoms with van der Waals surface area (Å²) < 4.78 is 16.8. The quantitative estimate of drug-likeness (QED) is 0.0262. The third-order valence-corrected chi connectivity index (χ3v) is 10.9. The minimum absolute atomic E-state index is 0.0983. The molecule has 0 rings (SSSR count). The molecule has 0 aromatic rings. The Kier molecular flexibility index (Phi) is 49.5. The molecule has 0 aliphatic heterocycles. The van der Waals surface area contributed by atoms with Gasteiger partial charge in [0.2, 0.25) is 0 Å². The van der Waals surface area contributed by atoms with Gasteiger partial charge in [0.25, 0.3) is 0 Å². The van der Waals surface area contributed by atoms with Gasteiger partial charge < -0.3 is 14.2 Å². The predicted octanol–water partition coefficient (Wildman–Crippen LogP) is 17.5. The van der Waals surface area contributed by atoms with Crippen molar-refractivity contribution < 1.29 is 28.6 Å². The van der Waals surface area contributed by atoms with Gasteiger partial charge in [-0.15, -0.1) is 0 Å². The number of ether oxygens (including phenoxy) is 3. The summed E-state index contributed by atoms with van der Waals surface area (Å²) in [6.45, 7) is 6.29. The third kappa shape index (κ3) is 50.9. The molecule has 6 heteroatoms. The average Bonchev–Trinajstić information content (AvgIpc) is 3.30.